The molecule has 0 aliphatic rings. The lowest BCUT2D eigenvalue weighted by Crippen LogP contribution is -2.24. The number of hydrogen-bond acceptors (Lipinski definition) is 6. The Morgan fingerprint density at radius 3 is 2.52 bits per heavy atom. The number of unbranched alkanes of at least 4 members (excludes halogenated alkanes) is 2. The number of phenols is 1. The second-order valence-corrected chi connectivity index (χ2v) is 9.27. The van der Waals surface area contributed by atoms with Crippen LogP contribution < -0.4 is 14.9 Å². The molecule has 0 aliphatic heterocycles. The first-order chi connectivity index (χ1) is 15.8. The van der Waals surface area contributed by atoms with E-state index in [1.165, 1.54) is 18.2 Å². The number of para-hydroxylation sites is 1. The predicted molar refractivity (Wildman–Crippen MR) is 123 cm³/mol. The minimum Gasteiger partial charge on any atom is -0.507 e. The molecule has 0 radical (unpaired) electrons. The van der Waals surface area contributed by atoms with E-state index in [0.717, 1.165) is 12.1 Å². The molecule has 7 nitrogen and oxygen atoms in total. The van der Waals surface area contributed by atoms with E-state index in [9.17, 15) is 22.7 Å². The Balaban J connectivity index is 1.29. The number of halogens is 1. The van der Waals surface area contributed by atoms with E-state index in [0.29, 0.717) is 42.6 Å². The van der Waals surface area contributed by atoms with Crippen LogP contribution in [0.1, 0.15) is 19.3 Å². The fourth-order valence-electron chi connectivity index (χ4n) is 3.46. The molecular weight excluding hydrogens is 449 g/mol. The number of ether oxygens (including phenoxy) is 1. The minimum absolute atomic E-state index is 0.0165. The summed E-state index contributed by atoms with van der Waals surface area (Å²) in [5, 5.41) is 10.8. The van der Waals surface area contributed by atoms with Crippen LogP contribution in [0.2, 0.25) is 0 Å². The highest BCUT2D eigenvalue weighted by molar-refractivity contribution is 7.89. The second-order valence-electron chi connectivity index (χ2n) is 7.50. The maximum Gasteiger partial charge on any atom is 0.240 e. The van der Waals surface area contributed by atoms with Crippen molar-refractivity contribution in [3.63, 3.8) is 0 Å². The van der Waals surface area contributed by atoms with E-state index in [1.54, 1.807) is 30.3 Å². The lowest BCUT2D eigenvalue weighted by molar-refractivity contribution is 0.304. The van der Waals surface area contributed by atoms with Crippen LogP contribution in [0, 0.1) is 5.82 Å². The van der Waals surface area contributed by atoms with Gasteiger partial charge in [0.2, 0.25) is 15.5 Å². The molecule has 0 saturated carbocycles. The normalized spacial score (nSPS) is 11.8. The van der Waals surface area contributed by atoms with Gasteiger partial charge in [-0.05, 0) is 55.7 Å². The van der Waals surface area contributed by atoms with Gasteiger partial charge in [-0.3, -0.25) is 4.79 Å². The van der Waals surface area contributed by atoms with Gasteiger partial charge in [-0.15, -0.1) is 0 Å². The molecule has 1 heterocycles. The number of sulfonamides is 1. The summed E-state index contributed by atoms with van der Waals surface area (Å²) in [6, 6.07) is 14.4. The van der Waals surface area contributed by atoms with Crippen molar-refractivity contribution in [1.29, 1.82) is 0 Å². The van der Waals surface area contributed by atoms with Crippen LogP contribution in [0.25, 0.3) is 21.9 Å². The van der Waals surface area contributed by atoms with Gasteiger partial charge < -0.3 is 14.3 Å². The van der Waals surface area contributed by atoms with Gasteiger partial charge in [0.05, 0.1) is 16.9 Å². The summed E-state index contributed by atoms with van der Waals surface area (Å²) in [7, 11) is -3.67. The third kappa shape index (κ3) is 5.15. The Labute approximate surface area is 189 Å². The van der Waals surface area contributed by atoms with E-state index in [4.69, 9.17) is 9.15 Å². The summed E-state index contributed by atoms with van der Waals surface area (Å²) in [4.78, 5) is 12.6. The molecule has 1 aromatic heterocycles. The summed E-state index contributed by atoms with van der Waals surface area (Å²) >= 11 is 0. The number of fused-ring (bicyclic) bond motifs is 2. The van der Waals surface area contributed by atoms with Gasteiger partial charge >= 0.3 is 0 Å². The molecule has 4 rings (SSSR count). The molecule has 0 unspecified atom stereocenters. The van der Waals surface area contributed by atoms with Crippen LogP contribution in [-0.4, -0.2) is 26.7 Å². The Hall–Kier alpha value is -3.43. The first-order valence-corrected chi connectivity index (χ1v) is 11.9. The summed E-state index contributed by atoms with van der Waals surface area (Å²) in [6.07, 6.45) is 1.94. The Morgan fingerprint density at radius 1 is 0.970 bits per heavy atom. The van der Waals surface area contributed by atoms with Gasteiger partial charge in [-0.25, -0.2) is 17.5 Å². The fourth-order valence-corrected chi connectivity index (χ4v) is 4.54. The quantitative estimate of drug-likeness (QED) is 0.278. The number of benzene rings is 3. The van der Waals surface area contributed by atoms with Crippen molar-refractivity contribution >= 4 is 32.0 Å². The zero-order chi connectivity index (χ0) is 23.4. The molecule has 3 aromatic carbocycles. The molecule has 0 fully saturated rings. The van der Waals surface area contributed by atoms with Crippen LogP contribution >= 0.6 is 0 Å². The minimum atomic E-state index is -3.67. The van der Waals surface area contributed by atoms with Crippen LogP contribution in [0.5, 0.6) is 11.5 Å². The molecule has 0 bridgehead atoms. The van der Waals surface area contributed by atoms with Gasteiger partial charge in [0.15, 0.2) is 0 Å². The van der Waals surface area contributed by atoms with Crippen LogP contribution in [0.3, 0.4) is 0 Å². The highest BCUT2D eigenvalue weighted by Crippen LogP contribution is 2.30. The van der Waals surface area contributed by atoms with Crippen molar-refractivity contribution in [3.05, 3.63) is 76.7 Å². The topological polar surface area (TPSA) is 106 Å². The monoisotopic (exact) mass is 471 g/mol. The van der Waals surface area contributed by atoms with Crippen molar-refractivity contribution in [2.45, 2.75) is 24.2 Å². The first kappa shape index (κ1) is 22.8. The lowest BCUT2D eigenvalue weighted by Gasteiger charge is -2.09. The number of phenolic OH excluding ortho intramolecular Hbond substituents is 1. The Bertz CT molecular complexity index is 1450. The highest BCUT2D eigenvalue weighted by Gasteiger charge is 2.14. The maximum absolute atomic E-state index is 12.9. The molecule has 2 N–H and O–H groups in total. The molecule has 0 atom stereocenters. The molecule has 4 aromatic rings. The van der Waals surface area contributed by atoms with Crippen LogP contribution in [0.4, 0.5) is 4.39 Å². The maximum atomic E-state index is 12.9. The third-order valence-electron chi connectivity index (χ3n) is 5.14. The first-order valence-electron chi connectivity index (χ1n) is 10.4. The van der Waals surface area contributed by atoms with Crippen LogP contribution in [-0.2, 0) is 10.0 Å². The number of hydrogen-bond donors (Lipinski definition) is 2. The molecule has 0 saturated heterocycles. The van der Waals surface area contributed by atoms with E-state index < -0.39 is 15.8 Å². The van der Waals surface area contributed by atoms with Crippen molar-refractivity contribution < 1.29 is 27.1 Å². The number of rotatable bonds is 9. The largest absolute Gasteiger partial charge is 0.507 e. The van der Waals surface area contributed by atoms with Crippen molar-refractivity contribution in [1.82, 2.24) is 4.72 Å². The van der Waals surface area contributed by atoms with E-state index in [-0.39, 0.29) is 33.6 Å². The molecule has 172 valence electrons. The summed E-state index contributed by atoms with van der Waals surface area (Å²) < 4.78 is 51.2. The standard InChI is InChI=1S/C24H22FNO6S/c25-16-8-10-18(11-9-16)33(29,30)26-12-4-1-5-13-31-17-14-20(27)23-22(15-17)32-21-7-3-2-6-19(21)24(23)28/h2-3,6-11,14-15,26-27H,1,4-5,12-13H2. The highest BCUT2D eigenvalue weighted by atomic mass is 32.2. The SMILES string of the molecule is O=c1c2ccccc2oc2cc(OCCCCCNS(=O)(=O)c3ccc(F)cc3)cc(O)c12. The average Bonchev–Trinajstić information content (AvgIpc) is 2.78. The van der Waals surface area contributed by atoms with Gasteiger partial charge in [0.25, 0.3) is 0 Å². The summed E-state index contributed by atoms with van der Waals surface area (Å²) in [6.45, 7) is 0.585. The van der Waals surface area contributed by atoms with Gasteiger partial charge in [0, 0.05) is 18.7 Å². The summed E-state index contributed by atoms with van der Waals surface area (Å²) in [5.41, 5.74) is 0.359. The van der Waals surface area contributed by atoms with Gasteiger partial charge in [-0.2, -0.15) is 0 Å². The Kier molecular flexibility index (Phi) is 6.62. The molecule has 0 spiro atoms. The molecule has 33 heavy (non-hydrogen) atoms. The summed E-state index contributed by atoms with van der Waals surface area (Å²) in [5.74, 6) is -0.336. The van der Waals surface area contributed by atoms with E-state index in [1.807, 2.05) is 0 Å². The van der Waals surface area contributed by atoms with Crippen molar-refractivity contribution in [2.24, 2.45) is 0 Å². The number of aromatic hydroxyl groups is 1. The predicted octanol–water partition coefficient (Wildman–Crippen LogP) is 4.32. The zero-order valence-corrected chi connectivity index (χ0v) is 18.4. The van der Waals surface area contributed by atoms with Crippen molar-refractivity contribution in [3.8, 4) is 11.5 Å². The van der Waals surface area contributed by atoms with E-state index in [2.05, 4.69) is 4.72 Å². The third-order valence-corrected chi connectivity index (χ3v) is 6.62. The van der Waals surface area contributed by atoms with Gasteiger partial charge in [0.1, 0.15) is 33.9 Å². The molecular formula is C24H22FNO6S. The van der Waals surface area contributed by atoms with E-state index >= 15 is 0 Å². The van der Waals surface area contributed by atoms with Crippen LogP contribution in [0.15, 0.2) is 74.8 Å². The average molecular weight is 472 g/mol. The second kappa shape index (κ2) is 9.60. The number of nitrogens with one attached hydrogen (secondary N) is 1. The zero-order valence-electron chi connectivity index (χ0n) is 17.6. The fraction of sp³-hybridized carbons (Fsp3) is 0.208. The molecule has 9 heteroatoms. The van der Waals surface area contributed by atoms with Crippen molar-refractivity contribution in [2.75, 3.05) is 13.2 Å². The molecule has 0 amide bonds. The Morgan fingerprint density at radius 2 is 1.73 bits per heavy atom. The lowest BCUT2D eigenvalue weighted by atomic mass is 10.1. The van der Waals surface area contributed by atoms with Gasteiger partial charge in [-0.1, -0.05) is 12.1 Å². The molecule has 0 aliphatic carbocycles. The smallest absolute Gasteiger partial charge is 0.240 e.